The molecule has 1 N–H and O–H groups in total. The molecule has 1 aromatic rings. The third-order valence-electron chi connectivity index (χ3n) is 5.83. The van der Waals surface area contributed by atoms with Crippen LogP contribution in [0.4, 0.5) is 0 Å². The average Bonchev–Trinajstić information content (AvgIpc) is 3.42. The van der Waals surface area contributed by atoms with Crippen LogP contribution in [0.3, 0.4) is 0 Å². The van der Waals surface area contributed by atoms with Crippen LogP contribution in [-0.4, -0.2) is 59.8 Å². The summed E-state index contributed by atoms with van der Waals surface area (Å²) in [7, 11) is 0. The van der Waals surface area contributed by atoms with E-state index in [0.29, 0.717) is 37.8 Å². The highest BCUT2D eigenvalue weighted by atomic mass is 16.5. The fourth-order valence-corrected chi connectivity index (χ4v) is 4.06. The first-order valence-corrected chi connectivity index (χ1v) is 9.09. The van der Waals surface area contributed by atoms with Crippen molar-refractivity contribution in [2.45, 2.75) is 25.7 Å². The summed E-state index contributed by atoms with van der Waals surface area (Å²) < 4.78 is 5.52. The monoisotopic (exact) mass is 344 g/mol. The number of hydrogen-bond donors (Lipinski definition) is 1. The van der Waals surface area contributed by atoms with Gasteiger partial charge in [-0.1, -0.05) is 0 Å². The zero-order valence-corrected chi connectivity index (χ0v) is 14.3. The minimum Gasteiger partial charge on any atom is -0.381 e. The van der Waals surface area contributed by atoms with Gasteiger partial charge in [0.05, 0.1) is 23.9 Å². The minimum absolute atomic E-state index is 0.0711. The van der Waals surface area contributed by atoms with E-state index < -0.39 is 0 Å². The SMILES string of the molecule is O=C(NCC1CC1)[C@H]1CN(C(=O)c2ccnnc2)CC12CCOCC2. The second-order valence-corrected chi connectivity index (χ2v) is 7.53. The van der Waals surface area contributed by atoms with Gasteiger partial charge in [-0.3, -0.25) is 9.59 Å². The van der Waals surface area contributed by atoms with Crippen LogP contribution in [0, 0.1) is 17.3 Å². The summed E-state index contributed by atoms with van der Waals surface area (Å²) in [6.07, 6.45) is 7.08. The normalized spacial score (nSPS) is 25.1. The van der Waals surface area contributed by atoms with Gasteiger partial charge in [-0.25, -0.2) is 0 Å². The first-order chi connectivity index (χ1) is 12.2. The molecule has 1 saturated carbocycles. The molecular weight excluding hydrogens is 320 g/mol. The second kappa shape index (κ2) is 6.71. The van der Waals surface area contributed by atoms with Crippen molar-refractivity contribution in [1.82, 2.24) is 20.4 Å². The third kappa shape index (κ3) is 3.38. The van der Waals surface area contributed by atoms with Crippen molar-refractivity contribution in [3.05, 3.63) is 24.0 Å². The number of carbonyl (C=O) groups excluding carboxylic acids is 2. The maximum atomic E-state index is 12.8. The van der Waals surface area contributed by atoms with Crippen molar-refractivity contribution in [3.8, 4) is 0 Å². The Hall–Kier alpha value is -2.02. The van der Waals surface area contributed by atoms with Crippen molar-refractivity contribution in [2.75, 3.05) is 32.8 Å². The quantitative estimate of drug-likeness (QED) is 0.876. The Kier molecular flexibility index (Phi) is 4.41. The van der Waals surface area contributed by atoms with E-state index in [1.165, 1.54) is 25.2 Å². The van der Waals surface area contributed by atoms with E-state index in [-0.39, 0.29) is 23.1 Å². The van der Waals surface area contributed by atoms with Gasteiger partial charge in [0.25, 0.3) is 5.91 Å². The number of nitrogens with zero attached hydrogens (tertiary/aromatic N) is 3. The molecule has 2 saturated heterocycles. The van der Waals surface area contributed by atoms with E-state index in [1.54, 1.807) is 6.07 Å². The van der Waals surface area contributed by atoms with Gasteiger partial charge >= 0.3 is 0 Å². The van der Waals surface area contributed by atoms with Gasteiger partial charge in [-0.15, -0.1) is 0 Å². The Morgan fingerprint density at radius 3 is 2.76 bits per heavy atom. The van der Waals surface area contributed by atoms with Crippen LogP contribution in [0.1, 0.15) is 36.0 Å². The molecule has 25 heavy (non-hydrogen) atoms. The first-order valence-electron chi connectivity index (χ1n) is 9.09. The van der Waals surface area contributed by atoms with Gasteiger partial charge in [0, 0.05) is 38.3 Å². The minimum atomic E-state index is -0.165. The molecule has 1 aliphatic carbocycles. The molecule has 0 aromatic carbocycles. The fourth-order valence-electron chi connectivity index (χ4n) is 4.06. The van der Waals surface area contributed by atoms with Crippen molar-refractivity contribution < 1.29 is 14.3 Å². The number of aromatic nitrogens is 2. The van der Waals surface area contributed by atoms with Gasteiger partial charge in [-0.05, 0) is 37.7 Å². The fraction of sp³-hybridized carbons (Fsp3) is 0.667. The number of hydrogen-bond acceptors (Lipinski definition) is 5. The van der Waals surface area contributed by atoms with E-state index in [0.717, 1.165) is 19.4 Å². The second-order valence-electron chi connectivity index (χ2n) is 7.53. The molecule has 134 valence electrons. The van der Waals surface area contributed by atoms with Crippen LogP contribution < -0.4 is 5.32 Å². The summed E-state index contributed by atoms with van der Waals surface area (Å²) in [5.74, 6) is 0.515. The number of likely N-dealkylation sites (tertiary alicyclic amines) is 1. The van der Waals surface area contributed by atoms with E-state index in [4.69, 9.17) is 4.74 Å². The molecule has 1 atom stereocenters. The Bertz CT molecular complexity index is 641. The van der Waals surface area contributed by atoms with Crippen molar-refractivity contribution in [3.63, 3.8) is 0 Å². The van der Waals surface area contributed by atoms with Crippen LogP contribution in [0.25, 0.3) is 0 Å². The molecule has 0 bridgehead atoms. The summed E-state index contributed by atoms with van der Waals surface area (Å²) in [6, 6.07) is 1.67. The topological polar surface area (TPSA) is 84.4 Å². The number of nitrogens with one attached hydrogen (secondary N) is 1. The molecular formula is C18H24N4O3. The highest BCUT2D eigenvalue weighted by molar-refractivity contribution is 5.94. The first kappa shape index (κ1) is 16.4. The standard InChI is InChI=1S/C18H24N4O3/c23-16(19-9-13-1-2-13)15-11-22(12-18(15)4-7-25-8-5-18)17(24)14-3-6-20-21-10-14/h3,6,10,13,15H,1-2,4-5,7-9,11-12H2,(H,19,23)/t15-/m1/s1. The highest BCUT2D eigenvalue weighted by Gasteiger charge is 2.51. The third-order valence-corrected chi connectivity index (χ3v) is 5.83. The van der Waals surface area contributed by atoms with Gasteiger partial charge in [0.1, 0.15) is 0 Å². The summed E-state index contributed by atoms with van der Waals surface area (Å²) in [5, 5.41) is 10.6. The van der Waals surface area contributed by atoms with Crippen molar-refractivity contribution >= 4 is 11.8 Å². The molecule has 2 amide bonds. The number of rotatable bonds is 4. The lowest BCUT2D eigenvalue weighted by Gasteiger charge is -2.37. The van der Waals surface area contributed by atoms with E-state index >= 15 is 0 Å². The Morgan fingerprint density at radius 2 is 2.08 bits per heavy atom. The molecule has 3 heterocycles. The highest BCUT2D eigenvalue weighted by Crippen LogP contribution is 2.44. The number of amides is 2. The number of ether oxygens (including phenoxy) is 1. The molecule has 7 heteroatoms. The van der Waals surface area contributed by atoms with E-state index in [2.05, 4.69) is 15.5 Å². The lowest BCUT2D eigenvalue weighted by atomic mass is 9.71. The molecule has 1 aromatic heterocycles. The Balaban J connectivity index is 1.51. The molecule has 0 radical (unpaired) electrons. The Morgan fingerprint density at radius 1 is 1.28 bits per heavy atom. The van der Waals surface area contributed by atoms with Gasteiger partial charge in [-0.2, -0.15) is 10.2 Å². The van der Waals surface area contributed by atoms with Crippen molar-refractivity contribution in [1.29, 1.82) is 0 Å². The largest absolute Gasteiger partial charge is 0.381 e. The summed E-state index contributed by atoms with van der Waals surface area (Å²) >= 11 is 0. The van der Waals surface area contributed by atoms with Gasteiger partial charge in [0.15, 0.2) is 0 Å². The summed E-state index contributed by atoms with van der Waals surface area (Å²) in [6.45, 7) is 3.16. The summed E-state index contributed by atoms with van der Waals surface area (Å²) in [4.78, 5) is 27.5. The van der Waals surface area contributed by atoms with E-state index in [1.807, 2.05) is 4.90 Å². The maximum absolute atomic E-state index is 12.8. The van der Waals surface area contributed by atoms with Crippen LogP contribution in [-0.2, 0) is 9.53 Å². The van der Waals surface area contributed by atoms with Crippen LogP contribution >= 0.6 is 0 Å². The molecule has 2 aliphatic heterocycles. The van der Waals surface area contributed by atoms with Crippen LogP contribution in [0.5, 0.6) is 0 Å². The Labute approximate surface area is 147 Å². The average molecular weight is 344 g/mol. The van der Waals surface area contributed by atoms with Gasteiger partial charge in [0.2, 0.25) is 5.91 Å². The zero-order valence-electron chi connectivity index (χ0n) is 14.3. The predicted molar refractivity (Wildman–Crippen MR) is 89.6 cm³/mol. The molecule has 0 unspecified atom stereocenters. The van der Waals surface area contributed by atoms with Crippen molar-refractivity contribution in [2.24, 2.45) is 17.3 Å². The molecule has 1 spiro atoms. The van der Waals surface area contributed by atoms with E-state index in [9.17, 15) is 9.59 Å². The molecule has 3 aliphatic rings. The van der Waals surface area contributed by atoms with Gasteiger partial charge < -0.3 is 15.0 Å². The zero-order chi connectivity index (χ0) is 17.3. The smallest absolute Gasteiger partial charge is 0.255 e. The lowest BCUT2D eigenvalue weighted by Crippen LogP contribution is -2.44. The van der Waals surface area contributed by atoms with Crippen LogP contribution in [0.15, 0.2) is 18.5 Å². The number of carbonyl (C=O) groups is 2. The lowest BCUT2D eigenvalue weighted by molar-refractivity contribution is -0.129. The molecule has 7 nitrogen and oxygen atoms in total. The molecule has 3 fully saturated rings. The molecule has 4 rings (SSSR count). The maximum Gasteiger partial charge on any atom is 0.255 e. The van der Waals surface area contributed by atoms with Crippen LogP contribution in [0.2, 0.25) is 0 Å². The predicted octanol–water partition coefficient (Wildman–Crippen LogP) is 0.872. The summed E-state index contributed by atoms with van der Waals surface area (Å²) in [5.41, 5.74) is 0.360.